The standard InChI is InChI=1S/C18H13BrFN3O2/c19-17-12-2-1-7-21-14(12)16(24)15(23-17)18(25)22-13-6-3-9-8-10(20)4-5-11(9)13/h1-2,4-5,7-8,13,24H,3,6H2,(H,22,25). The predicted octanol–water partition coefficient (Wildman–Crippen LogP) is 3.65. The Morgan fingerprint density at radius 2 is 2.20 bits per heavy atom. The summed E-state index contributed by atoms with van der Waals surface area (Å²) in [6.45, 7) is 0. The number of halogens is 2. The smallest absolute Gasteiger partial charge is 0.274 e. The summed E-state index contributed by atoms with van der Waals surface area (Å²) in [6, 6.07) is 7.81. The van der Waals surface area contributed by atoms with Crippen LogP contribution in [-0.4, -0.2) is 21.0 Å². The molecule has 3 aromatic rings. The zero-order valence-electron chi connectivity index (χ0n) is 13.0. The molecule has 5 nitrogen and oxygen atoms in total. The maximum absolute atomic E-state index is 13.3. The second kappa shape index (κ2) is 6.07. The van der Waals surface area contributed by atoms with Gasteiger partial charge in [0, 0.05) is 11.6 Å². The summed E-state index contributed by atoms with van der Waals surface area (Å²) in [6.07, 6.45) is 2.91. The molecule has 2 heterocycles. The van der Waals surface area contributed by atoms with Crippen molar-refractivity contribution in [3.05, 3.63) is 63.8 Å². The Morgan fingerprint density at radius 3 is 3.04 bits per heavy atom. The lowest BCUT2D eigenvalue weighted by Crippen LogP contribution is -2.28. The van der Waals surface area contributed by atoms with Gasteiger partial charge in [0.15, 0.2) is 11.4 Å². The van der Waals surface area contributed by atoms with Crippen LogP contribution in [0.3, 0.4) is 0 Å². The number of fused-ring (bicyclic) bond motifs is 2. The molecule has 0 radical (unpaired) electrons. The molecule has 0 saturated heterocycles. The van der Waals surface area contributed by atoms with Gasteiger partial charge in [-0.25, -0.2) is 9.37 Å². The fourth-order valence-electron chi connectivity index (χ4n) is 3.20. The summed E-state index contributed by atoms with van der Waals surface area (Å²) in [7, 11) is 0. The number of pyridine rings is 2. The van der Waals surface area contributed by atoms with Crippen molar-refractivity contribution in [1.29, 1.82) is 0 Å². The highest BCUT2D eigenvalue weighted by Gasteiger charge is 2.27. The SMILES string of the molecule is O=C(NC1CCc2cc(F)ccc21)c1nc(Br)c2cccnc2c1O. The second-order valence-corrected chi connectivity index (χ2v) is 6.66. The Labute approximate surface area is 151 Å². The Hall–Kier alpha value is -2.54. The minimum absolute atomic E-state index is 0.0892. The highest BCUT2D eigenvalue weighted by atomic mass is 79.9. The predicted molar refractivity (Wildman–Crippen MR) is 93.8 cm³/mol. The van der Waals surface area contributed by atoms with E-state index < -0.39 is 5.91 Å². The molecule has 126 valence electrons. The normalized spacial score (nSPS) is 16.0. The van der Waals surface area contributed by atoms with Crippen molar-refractivity contribution in [2.75, 3.05) is 0 Å². The molecule has 0 fully saturated rings. The van der Waals surface area contributed by atoms with Crippen molar-refractivity contribution in [3.8, 4) is 5.75 Å². The second-order valence-electron chi connectivity index (χ2n) is 5.91. The van der Waals surface area contributed by atoms with E-state index in [0.717, 1.165) is 11.1 Å². The average molecular weight is 402 g/mol. The highest BCUT2D eigenvalue weighted by molar-refractivity contribution is 9.10. The number of rotatable bonds is 2. The van der Waals surface area contributed by atoms with Crippen molar-refractivity contribution in [1.82, 2.24) is 15.3 Å². The molecule has 1 unspecified atom stereocenters. The molecule has 0 aliphatic heterocycles. The van der Waals surface area contributed by atoms with Gasteiger partial charge in [0.05, 0.1) is 6.04 Å². The molecule has 0 saturated carbocycles. The Morgan fingerprint density at radius 1 is 1.36 bits per heavy atom. The van der Waals surface area contributed by atoms with E-state index in [-0.39, 0.29) is 23.3 Å². The molecular weight excluding hydrogens is 389 g/mol. The van der Waals surface area contributed by atoms with Crippen molar-refractivity contribution < 1.29 is 14.3 Å². The molecule has 1 aliphatic rings. The molecule has 25 heavy (non-hydrogen) atoms. The highest BCUT2D eigenvalue weighted by Crippen LogP contribution is 2.34. The van der Waals surface area contributed by atoms with Gasteiger partial charge >= 0.3 is 0 Å². The van der Waals surface area contributed by atoms with E-state index >= 15 is 0 Å². The third kappa shape index (κ3) is 2.74. The fourth-order valence-corrected chi connectivity index (χ4v) is 3.70. The van der Waals surface area contributed by atoms with Crippen LogP contribution in [0, 0.1) is 5.82 Å². The maximum Gasteiger partial charge on any atom is 0.274 e. The number of aromatic nitrogens is 2. The van der Waals surface area contributed by atoms with Crippen LogP contribution in [0.4, 0.5) is 4.39 Å². The van der Waals surface area contributed by atoms with Crippen LogP contribution in [0.25, 0.3) is 10.9 Å². The number of hydrogen-bond donors (Lipinski definition) is 2. The van der Waals surface area contributed by atoms with E-state index in [0.29, 0.717) is 28.3 Å². The van der Waals surface area contributed by atoms with Gasteiger partial charge in [0.1, 0.15) is 15.9 Å². The zero-order chi connectivity index (χ0) is 17.6. The summed E-state index contributed by atoms with van der Waals surface area (Å²) in [4.78, 5) is 20.9. The van der Waals surface area contributed by atoms with Gasteiger partial charge in [-0.2, -0.15) is 0 Å². The van der Waals surface area contributed by atoms with Crippen LogP contribution < -0.4 is 5.32 Å². The number of benzene rings is 1. The zero-order valence-corrected chi connectivity index (χ0v) is 14.5. The lowest BCUT2D eigenvalue weighted by molar-refractivity contribution is 0.0929. The van der Waals surface area contributed by atoms with Crippen LogP contribution in [0.2, 0.25) is 0 Å². The number of nitrogens with one attached hydrogen (secondary N) is 1. The van der Waals surface area contributed by atoms with Gasteiger partial charge in [-0.3, -0.25) is 9.78 Å². The van der Waals surface area contributed by atoms with Gasteiger partial charge < -0.3 is 10.4 Å². The molecule has 1 amide bonds. The molecule has 2 N–H and O–H groups in total. The van der Waals surface area contributed by atoms with E-state index in [2.05, 4.69) is 31.2 Å². The van der Waals surface area contributed by atoms with Gasteiger partial charge in [-0.1, -0.05) is 6.07 Å². The summed E-state index contributed by atoms with van der Waals surface area (Å²) in [5, 5.41) is 13.9. The average Bonchev–Trinajstić information content (AvgIpc) is 3.00. The largest absolute Gasteiger partial charge is 0.504 e. The Kier molecular flexibility index (Phi) is 3.88. The van der Waals surface area contributed by atoms with Crippen molar-refractivity contribution in [2.24, 2.45) is 0 Å². The lowest BCUT2D eigenvalue weighted by Gasteiger charge is -2.15. The number of aryl methyl sites for hydroxylation is 1. The van der Waals surface area contributed by atoms with Crippen molar-refractivity contribution >= 4 is 32.7 Å². The van der Waals surface area contributed by atoms with E-state index in [4.69, 9.17) is 0 Å². The monoisotopic (exact) mass is 401 g/mol. The first-order valence-corrected chi connectivity index (χ1v) is 8.56. The number of carbonyl (C=O) groups is 1. The summed E-state index contributed by atoms with van der Waals surface area (Å²) >= 11 is 3.31. The summed E-state index contributed by atoms with van der Waals surface area (Å²) < 4.78 is 13.8. The molecular formula is C18H13BrFN3O2. The molecule has 0 spiro atoms. The third-order valence-corrected chi connectivity index (χ3v) is 5.00. The topological polar surface area (TPSA) is 75.1 Å². The number of amides is 1. The maximum atomic E-state index is 13.3. The Bertz CT molecular complexity index is 1010. The minimum Gasteiger partial charge on any atom is -0.504 e. The first kappa shape index (κ1) is 16.0. The lowest BCUT2D eigenvalue weighted by atomic mass is 10.1. The molecule has 1 atom stereocenters. The summed E-state index contributed by atoms with van der Waals surface area (Å²) in [5.74, 6) is -1.03. The van der Waals surface area contributed by atoms with Crippen LogP contribution in [0.15, 0.2) is 41.1 Å². The van der Waals surface area contributed by atoms with Crippen molar-refractivity contribution in [2.45, 2.75) is 18.9 Å². The molecule has 0 bridgehead atoms. The fraction of sp³-hybridized carbons (Fsp3) is 0.167. The number of nitrogens with zero attached hydrogens (tertiary/aromatic N) is 2. The van der Waals surface area contributed by atoms with Gasteiger partial charge in [0.2, 0.25) is 0 Å². The van der Waals surface area contributed by atoms with Gasteiger partial charge in [-0.15, -0.1) is 0 Å². The van der Waals surface area contributed by atoms with Crippen LogP contribution >= 0.6 is 15.9 Å². The van der Waals surface area contributed by atoms with E-state index in [9.17, 15) is 14.3 Å². The third-order valence-electron chi connectivity index (χ3n) is 4.39. The molecule has 2 aromatic heterocycles. The van der Waals surface area contributed by atoms with E-state index in [1.165, 1.54) is 18.3 Å². The minimum atomic E-state index is -0.493. The molecule has 4 rings (SSSR count). The summed E-state index contributed by atoms with van der Waals surface area (Å²) in [5.41, 5.74) is 2.01. The van der Waals surface area contributed by atoms with Crippen LogP contribution in [0.5, 0.6) is 5.75 Å². The number of hydrogen-bond acceptors (Lipinski definition) is 4. The molecule has 1 aliphatic carbocycles. The van der Waals surface area contributed by atoms with Crippen LogP contribution in [0.1, 0.15) is 34.1 Å². The van der Waals surface area contributed by atoms with Gasteiger partial charge in [-0.05, 0) is 64.2 Å². The number of carbonyl (C=O) groups excluding carboxylic acids is 1. The molecule has 7 heteroatoms. The molecule has 1 aromatic carbocycles. The van der Waals surface area contributed by atoms with Gasteiger partial charge in [0.25, 0.3) is 5.91 Å². The first-order chi connectivity index (χ1) is 12.0. The van der Waals surface area contributed by atoms with Crippen molar-refractivity contribution in [3.63, 3.8) is 0 Å². The first-order valence-electron chi connectivity index (χ1n) is 7.77. The number of aromatic hydroxyl groups is 1. The van der Waals surface area contributed by atoms with E-state index in [1.807, 2.05) is 0 Å². The quantitative estimate of drug-likeness (QED) is 0.642. The Balaban J connectivity index is 1.67. The van der Waals surface area contributed by atoms with Crippen LogP contribution in [-0.2, 0) is 6.42 Å². The van der Waals surface area contributed by atoms with E-state index in [1.54, 1.807) is 18.2 Å².